The number of sulfone groups is 1. The highest BCUT2D eigenvalue weighted by Crippen LogP contribution is 2.48. The lowest BCUT2D eigenvalue weighted by Gasteiger charge is -2.46. The van der Waals surface area contributed by atoms with Gasteiger partial charge in [0.25, 0.3) is 0 Å². The number of hydrogen-bond acceptors (Lipinski definition) is 8. The van der Waals surface area contributed by atoms with E-state index in [1.54, 1.807) is 24.3 Å². The maximum absolute atomic E-state index is 13.8. The second-order valence-corrected chi connectivity index (χ2v) is 12.3. The lowest BCUT2D eigenvalue weighted by atomic mass is 9.83. The maximum atomic E-state index is 13.8. The molecule has 202 valence electrons. The third kappa shape index (κ3) is 5.40. The van der Waals surface area contributed by atoms with Gasteiger partial charge < -0.3 is 10.5 Å². The average molecular weight is 567 g/mol. The predicted molar refractivity (Wildman–Crippen MR) is 133 cm³/mol. The lowest BCUT2D eigenvalue weighted by Crippen LogP contribution is -2.44. The second-order valence-electron chi connectivity index (χ2n) is 9.45. The molecule has 1 fully saturated rings. The van der Waals surface area contributed by atoms with E-state index in [-0.39, 0.29) is 48.2 Å². The van der Waals surface area contributed by atoms with E-state index >= 15 is 0 Å². The fraction of sp³-hybridized carbons (Fsp3) is 0.400. The summed E-state index contributed by atoms with van der Waals surface area (Å²) >= 11 is 1.01. The molecule has 3 aromatic rings. The Morgan fingerprint density at radius 3 is 2.68 bits per heavy atom. The first-order chi connectivity index (χ1) is 18.0. The first kappa shape index (κ1) is 26.6. The van der Waals surface area contributed by atoms with E-state index in [4.69, 9.17) is 10.5 Å². The van der Waals surface area contributed by atoms with Gasteiger partial charge in [0.05, 0.1) is 17.4 Å². The molecule has 38 heavy (non-hydrogen) atoms. The molecule has 2 aliphatic rings. The largest absolute Gasteiger partial charge is 0.493 e. The Kier molecular flexibility index (Phi) is 7.18. The quantitative estimate of drug-likeness (QED) is 0.469. The topological polar surface area (TPSA) is 115 Å². The average Bonchev–Trinajstić information content (AvgIpc) is 3.39. The van der Waals surface area contributed by atoms with E-state index in [9.17, 15) is 26.4 Å². The molecule has 0 radical (unpaired) electrons. The molecule has 1 aromatic heterocycles. The molecule has 0 bridgehead atoms. The highest BCUT2D eigenvalue weighted by Gasteiger charge is 2.46. The van der Waals surface area contributed by atoms with Crippen molar-refractivity contribution in [1.82, 2.24) is 14.3 Å². The van der Waals surface area contributed by atoms with Crippen LogP contribution in [0, 0.1) is 5.92 Å². The minimum atomic E-state index is -4.34. The van der Waals surface area contributed by atoms with E-state index in [1.165, 1.54) is 24.5 Å². The molecule has 0 saturated carbocycles. The van der Waals surface area contributed by atoms with Gasteiger partial charge in [0.1, 0.15) is 22.8 Å². The Morgan fingerprint density at radius 1 is 1.16 bits per heavy atom. The van der Waals surface area contributed by atoms with Gasteiger partial charge in [0.15, 0.2) is 9.84 Å². The number of amides is 1. The number of fused-ring (bicyclic) bond motifs is 1. The summed E-state index contributed by atoms with van der Waals surface area (Å²) in [5.74, 6) is -2.03. The van der Waals surface area contributed by atoms with Crippen LogP contribution in [-0.4, -0.2) is 47.9 Å². The maximum Gasteiger partial charge on any atom is 0.391 e. The summed E-state index contributed by atoms with van der Waals surface area (Å²) in [5, 5.41) is 0.370. The number of benzene rings is 2. The molecule has 2 N–H and O–H groups in total. The van der Waals surface area contributed by atoms with Crippen LogP contribution < -0.4 is 10.5 Å². The zero-order chi connectivity index (χ0) is 27.1. The summed E-state index contributed by atoms with van der Waals surface area (Å²) in [5.41, 5.74) is 6.97. The first-order valence-electron chi connectivity index (χ1n) is 12.0. The smallest absolute Gasteiger partial charge is 0.391 e. The lowest BCUT2D eigenvalue weighted by molar-refractivity contribution is -0.192. The van der Waals surface area contributed by atoms with Crippen LogP contribution in [0.3, 0.4) is 0 Å². The molecular formula is C25H25F3N4O4S2. The third-order valence-corrected chi connectivity index (χ3v) is 9.60. The highest BCUT2D eigenvalue weighted by atomic mass is 32.2. The molecule has 8 nitrogen and oxygen atoms in total. The van der Waals surface area contributed by atoms with Gasteiger partial charge in [-0.1, -0.05) is 18.2 Å². The Bertz CT molecular complexity index is 1430. The Labute approximate surface area is 221 Å². The molecule has 3 heterocycles. The van der Waals surface area contributed by atoms with Gasteiger partial charge >= 0.3 is 6.18 Å². The number of likely N-dealkylation sites (tertiary alicyclic amines) is 1. The van der Waals surface area contributed by atoms with Crippen LogP contribution in [-0.2, 0) is 15.6 Å². The molecule has 13 heteroatoms. The number of rotatable bonds is 6. The van der Waals surface area contributed by atoms with Crippen molar-refractivity contribution < 1.29 is 31.1 Å². The predicted octanol–water partition coefficient (Wildman–Crippen LogP) is 4.45. The van der Waals surface area contributed by atoms with Crippen LogP contribution in [0.4, 0.5) is 13.2 Å². The Morgan fingerprint density at radius 2 is 1.97 bits per heavy atom. The number of alkyl halides is 3. The van der Waals surface area contributed by atoms with Gasteiger partial charge in [-0.15, -0.1) is 0 Å². The van der Waals surface area contributed by atoms with Gasteiger partial charge in [-0.3, -0.25) is 9.69 Å². The zero-order valence-corrected chi connectivity index (χ0v) is 21.7. The van der Waals surface area contributed by atoms with Gasteiger partial charge in [-0.25, -0.2) is 13.4 Å². The van der Waals surface area contributed by atoms with E-state index in [0.717, 1.165) is 11.5 Å². The molecule has 2 aliphatic heterocycles. The van der Waals surface area contributed by atoms with Crippen LogP contribution in [0.15, 0.2) is 53.7 Å². The molecular weight excluding hydrogens is 541 g/mol. The number of aromatic nitrogens is 2. The zero-order valence-electron chi connectivity index (χ0n) is 20.1. The monoisotopic (exact) mass is 566 g/mol. The molecule has 1 saturated heterocycles. The standard InChI is InChI=1S/C25H25F3N4O4S2/c26-25(27,28)17-6-8-32(21(11-17)15-2-1-3-16(10-15)24(29)33)20-7-9-36-22-12-18(4-5-19(20)22)38(34,35)13-23-30-14-31-37-23/h1-5,10,12,14,17,20-21H,6-9,11,13H2,(H2,29,33)/t17-,20+,21+/m1/s1. The van der Waals surface area contributed by atoms with Crippen molar-refractivity contribution in [2.45, 2.75) is 48.2 Å². The van der Waals surface area contributed by atoms with Crippen molar-refractivity contribution in [3.8, 4) is 5.75 Å². The second kappa shape index (κ2) is 10.3. The summed E-state index contributed by atoms with van der Waals surface area (Å²) in [6.45, 7) is 0.460. The van der Waals surface area contributed by atoms with Crippen molar-refractivity contribution >= 4 is 27.3 Å². The van der Waals surface area contributed by atoms with E-state index in [2.05, 4.69) is 9.36 Å². The van der Waals surface area contributed by atoms with Gasteiger partial charge in [-0.2, -0.15) is 17.5 Å². The summed E-state index contributed by atoms with van der Waals surface area (Å²) < 4.78 is 76.8. The van der Waals surface area contributed by atoms with Gasteiger partial charge in [0.2, 0.25) is 5.91 Å². The number of hydrogen-bond donors (Lipinski definition) is 1. The number of primary amides is 1. The summed E-state index contributed by atoms with van der Waals surface area (Å²) in [6.07, 6.45) is -2.74. The number of nitrogens with two attached hydrogens (primary N) is 1. The summed E-state index contributed by atoms with van der Waals surface area (Å²) in [4.78, 5) is 17.8. The van der Waals surface area contributed by atoms with Crippen molar-refractivity contribution in [2.24, 2.45) is 11.7 Å². The van der Waals surface area contributed by atoms with Gasteiger partial charge in [-0.05, 0) is 60.7 Å². The van der Waals surface area contributed by atoms with Crippen molar-refractivity contribution in [1.29, 1.82) is 0 Å². The molecule has 3 atom stereocenters. The van der Waals surface area contributed by atoms with Crippen LogP contribution in [0.2, 0.25) is 0 Å². The molecule has 0 unspecified atom stereocenters. The Hall–Kier alpha value is -3.03. The number of carbonyl (C=O) groups excluding carboxylic acids is 1. The minimum Gasteiger partial charge on any atom is -0.493 e. The number of ether oxygens (including phenoxy) is 1. The fourth-order valence-electron chi connectivity index (χ4n) is 5.27. The van der Waals surface area contributed by atoms with Gasteiger partial charge in [0, 0.05) is 29.6 Å². The highest BCUT2D eigenvalue weighted by molar-refractivity contribution is 7.90. The molecule has 0 aliphatic carbocycles. The van der Waals surface area contributed by atoms with Crippen molar-refractivity contribution in [3.63, 3.8) is 0 Å². The van der Waals surface area contributed by atoms with Crippen LogP contribution in [0.1, 0.15) is 57.8 Å². The summed E-state index contributed by atoms with van der Waals surface area (Å²) in [7, 11) is -3.70. The fourth-order valence-corrected chi connectivity index (χ4v) is 7.39. The number of nitrogens with zero attached hydrogens (tertiary/aromatic N) is 3. The molecule has 0 spiro atoms. The van der Waals surface area contributed by atoms with E-state index < -0.39 is 33.9 Å². The van der Waals surface area contributed by atoms with Crippen molar-refractivity contribution in [3.05, 3.63) is 70.5 Å². The summed E-state index contributed by atoms with van der Waals surface area (Å²) in [6, 6.07) is 10.2. The number of carbonyl (C=O) groups is 1. The molecule has 1 amide bonds. The Balaban J connectivity index is 1.48. The van der Waals surface area contributed by atoms with Crippen LogP contribution >= 0.6 is 11.5 Å². The van der Waals surface area contributed by atoms with Crippen LogP contribution in [0.25, 0.3) is 0 Å². The number of halogens is 3. The molecule has 2 aromatic carbocycles. The van der Waals surface area contributed by atoms with Crippen LogP contribution in [0.5, 0.6) is 5.75 Å². The third-order valence-electron chi connectivity index (χ3n) is 7.14. The first-order valence-corrected chi connectivity index (χ1v) is 14.4. The van der Waals surface area contributed by atoms with E-state index in [0.29, 0.717) is 28.3 Å². The van der Waals surface area contributed by atoms with Crippen molar-refractivity contribution in [2.75, 3.05) is 13.2 Å². The molecule has 5 rings (SSSR count). The SMILES string of the molecule is NC(=O)c1cccc([C@@H]2C[C@H](C(F)(F)F)CCN2[C@H]2CCOc3cc(S(=O)(=O)Cc4ncns4)ccc32)c1. The normalized spacial score (nSPS) is 22.4. The number of piperidine rings is 1. The van der Waals surface area contributed by atoms with E-state index in [1.807, 2.05) is 4.90 Å². The minimum absolute atomic E-state index is 0.0590.